The summed E-state index contributed by atoms with van der Waals surface area (Å²) in [4.78, 5) is 2.44. The second-order valence-corrected chi connectivity index (χ2v) is 4.87. The van der Waals surface area contributed by atoms with Crippen molar-refractivity contribution in [3.8, 4) is 0 Å². The molecule has 1 aromatic rings. The van der Waals surface area contributed by atoms with E-state index in [1.54, 1.807) is 0 Å². The van der Waals surface area contributed by atoms with Gasteiger partial charge in [0.2, 0.25) is 0 Å². The fourth-order valence-electron chi connectivity index (χ4n) is 2.12. The van der Waals surface area contributed by atoms with Crippen LogP contribution in [0.15, 0.2) is 43.0 Å². The Hall–Kier alpha value is -1.12. The summed E-state index contributed by atoms with van der Waals surface area (Å²) in [6.45, 7) is 13.4. The van der Waals surface area contributed by atoms with Gasteiger partial charge in [0.1, 0.15) is 0 Å². The molecule has 0 amide bonds. The van der Waals surface area contributed by atoms with Crippen molar-refractivity contribution in [1.29, 1.82) is 0 Å². The molecule has 0 aromatic heterocycles. The highest BCUT2D eigenvalue weighted by Gasteiger charge is 2.17. The minimum Gasteiger partial charge on any atom is -0.313 e. The first-order valence-corrected chi connectivity index (χ1v) is 6.82. The van der Waals surface area contributed by atoms with Gasteiger partial charge in [0.05, 0.1) is 0 Å². The molecule has 1 rings (SSSR count). The number of nitrogens with zero attached hydrogens (tertiary/aromatic N) is 1. The maximum Gasteiger partial charge on any atom is 0.0475 e. The summed E-state index contributed by atoms with van der Waals surface area (Å²) in [5.41, 5.74) is 1.37. The van der Waals surface area contributed by atoms with E-state index in [9.17, 15) is 0 Å². The van der Waals surface area contributed by atoms with Gasteiger partial charge < -0.3 is 5.32 Å². The molecule has 18 heavy (non-hydrogen) atoms. The maximum atomic E-state index is 3.86. The van der Waals surface area contributed by atoms with Crippen molar-refractivity contribution in [1.82, 2.24) is 10.2 Å². The summed E-state index contributed by atoms with van der Waals surface area (Å²) >= 11 is 0. The van der Waals surface area contributed by atoms with Gasteiger partial charge in [-0.2, -0.15) is 0 Å². The van der Waals surface area contributed by atoms with Gasteiger partial charge in [-0.3, -0.25) is 4.90 Å². The molecular formula is C16H26N2. The molecule has 0 radical (unpaired) electrons. The highest BCUT2D eigenvalue weighted by atomic mass is 15.2. The van der Waals surface area contributed by atoms with Gasteiger partial charge in [-0.15, -0.1) is 6.58 Å². The first-order chi connectivity index (χ1) is 8.69. The van der Waals surface area contributed by atoms with E-state index in [1.165, 1.54) is 5.56 Å². The number of rotatable bonds is 8. The molecule has 0 heterocycles. The molecule has 2 heteroatoms. The highest BCUT2D eigenvalue weighted by molar-refractivity contribution is 5.19. The van der Waals surface area contributed by atoms with Gasteiger partial charge in [0, 0.05) is 25.2 Å². The Morgan fingerprint density at radius 3 is 2.44 bits per heavy atom. The molecule has 0 aliphatic heterocycles. The smallest absolute Gasteiger partial charge is 0.0475 e. The van der Waals surface area contributed by atoms with Gasteiger partial charge in [-0.25, -0.2) is 0 Å². The lowest BCUT2D eigenvalue weighted by atomic mass is 10.0. The van der Waals surface area contributed by atoms with Crippen LogP contribution in [0.1, 0.15) is 32.4 Å². The highest BCUT2D eigenvalue weighted by Crippen LogP contribution is 2.19. The molecule has 0 aliphatic rings. The standard InChI is InChI=1S/C16H26N2/c1-5-12-18(6-2)16(13-17-14(3)4)15-10-8-7-9-11-15/h5,7-11,14,16-17H,1,6,12-13H2,2-4H3. The predicted octanol–water partition coefficient (Wildman–Crippen LogP) is 3.23. The summed E-state index contributed by atoms with van der Waals surface area (Å²) < 4.78 is 0. The molecule has 0 spiro atoms. The van der Waals surface area contributed by atoms with Crippen molar-refractivity contribution < 1.29 is 0 Å². The molecule has 2 nitrogen and oxygen atoms in total. The topological polar surface area (TPSA) is 15.3 Å². The molecule has 1 aromatic carbocycles. The Balaban J connectivity index is 2.83. The summed E-state index contributed by atoms with van der Waals surface area (Å²) in [6, 6.07) is 11.6. The summed E-state index contributed by atoms with van der Waals surface area (Å²) in [7, 11) is 0. The van der Waals surface area contributed by atoms with Crippen LogP contribution in [0.5, 0.6) is 0 Å². The van der Waals surface area contributed by atoms with Crippen LogP contribution in [0.2, 0.25) is 0 Å². The van der Waals surface area contributed by atoms with Gasteiger partial charge in [0.15, 0.2) is 0 Å². The zero-order valence-electron chi connectivity index (χ0n) is 11.9. The normalized spacial score (nSPS) is 12.9. The molecular weight excluding hydrogens is 220 g/mol. The molecule has 0 aliphatic carbocycles. The molecule has 0 saturated carbocycles. The van der Waals surface area contributed by atoms with Crippen molar-refractivity contribution in [2.45, 2.75) is 32.9 Å². The number of benzene rings is 1. The fourth-order valence-corrected chi connectivity index (χ4v) is 2.12. The molecule has 1 unspecified atom stereocenters. The average molecular weight is 246 g/mol. The van der Waals surface area contributed by atoms with Gasteiger partial charge in [-0.1, -0.05) is 57.2 Å². The van der Waals surface area contributed by atoms with E-state index in [0.29, 0.717) is 12.1 Å². The number of nitrogens with one attached hydrogen (secondary N) is 1. The SMILES string of the molecule is C=CCN(CC)C(CNC(C)C)c1ccccc1. The largest absolute Gasteiger partial charge is 0.313 e. The monoisotopic (exact) mass is 246 g/mol. The van der Waals surface area contributed by atoms with Crippen LogP contribution in [0.3, 0.4) is 0 Å². The molecule has 0 bridgehead atoms. The van der Waals surface area contributed by atoms with Crippen molar-refractivity contribution in [2.24, 2.45) is 0 Å². The van der Waals surface area contributed by atoms with Crippen LogP contribution < -0.4 is 5.32 Å². The predicted molar refractivity (Wildman–Crippen MR) is 79.8 cm³/mol. The lowest BCUT2D eigenvalue weighted by molar-refractivity contribution is 0.221. The van der Waals surface area contributed by atoms with E-state index in [1.807, 2.05) is 6.08 Å². The number of likely N-dealkylation sites (N-methyl/N-ethyl adjacent to an activating group) is 1. The third kappa shape index (κ3) is 4.63. The number of hydrogen-bond acceptors (Lipinski definition) is 2. The number of hydrogen-bond donors (Lipinski definition) is 1. The Kier molecular flexibility index (Phi) is 6.69. The van der Waals surface area contributed by atoms with E-state index in [0.717, 1.165) is 19.6 Å². The lowest BCUT2D eigenvalue weighted by Crippen LogP contribution is -2.38. The van der Waals surface area contributed by atoms with Crippen molar-refractivity contribution in [2.75, 3.05) is 19.6 Å². The zero-order chi connectivity index (χ0) is 13.4. The lowest BCUT2D eigenvalue weighted by Gasteiger charge is -2.31. The molecule has 0 fully saturated rings. The third-order valence-electron chi connectivity index (χ3n) is 3.11. The van der Waals surface area contributed by atoms with E-state index >= 15 is 0 Å². The van der Waals surface area contributed by atoms with Crippen LogP contribution in [0.25, 0.3) is 0 Å². The Morgan fingerprint density at radius 1 is 1.28 bits per heavy atom. The second kappa shape index (κ2) is 8.06. The quantitative estimate of drug-likeness (QED) is 0.708. The van der Waals surface area contributed by atoms with Crippen LogP contribution in [0, 0.1) is 0 Å². The van der Waals surface area contributed by atoms with Gasteiger partial charge in [0.25, 0.3) is 0 Å². The average Bonchev–Trinajstić information content (AvgIpc) is 2.38. The Morgan fingerprint density at radius 2 is 1.94 bits per heavy atom. The Bertz CT molecular complexity index is 332. The summed E-state index contributed by atoms with van der Waals surface area (Å²) in [6.07, 6.45) is 1.98. The van der Waals surface area contributed by atoms with E-state index in [-0.39, 0.29) is 0 Å². The van der Waals surface area contributed by atoms with E-state index in [4.69, 9.17) is 0 Å². The second-order valence-electron chi connectivity index (χ2n) is 4.87. The molecule has 1 N–H and O–H groups in total. The minimum atomic E-state index is 0.414. The van der Waals surface area contributed by atoms with E-state index < -0.39 is 0 Å². The molecule has 100 valence electrons. The summed E-state index contributed by atoms with van der Waals surface area (Å²) in [5.74, 6) is 0. The van der Waals surface area contributed by atoms with Crippen LogP contribution in [0.4, 0.5) is 0 Å². The zero-order valence-corrected chi connectivity index (χ0v) is 11.9. The van der Waals surface area contributed by atoms with Crippen LogP contribution in [-0.2, 0) is 0 Å². The molecule has 1 atom stereocenters. The van der Waals surface area contributed by atoms with Gasteiger partial charge >= 0.3 is 0 Å². The maximum absolute atomic E-state index is 3.86. The van der Waals surface area contributed by atoms with Crippen molar-refractivity contribution in [3.63, 3.8) is 0 Å². The Labute approximate surface area is 112 Å². The van der Waals surface area contributed by atoms with Gasteiger partial charge in [-0.05, 0) is 12.1 Å². The molecule has 0 saturated heterocycles. The first kappa shape index (κ1) is 14.9. The fraction of sp³-hybridized carbons (Fsp3) is 0.500. The van der Waals surface area contributed by atoms with Crippen molar-refractivity contribution in [3.05, 3.63) is 48.6 Å². The summed E-state index contributed by atoms with van der Waals surface area (Å²) in [5, 5.41) is 3.54. The van der Waals surface area contributed by atoms with Crippen molar-refractivity contribution >= 4 is 0 Å². The first-order valence-electron chi connectivity index (χ1n) is 6.82. The van der Waals surface area contributed by atoms with E-state index in [2.05, 4.69) is 67.9 Å². The van der Waals surface area contributed by atoms with Crippen LogP contribution >= 0.6 is 0 Å². The van der Waals surface area contributed by atoms with Crippen LogP contribution in [-0.4, -0.2) is 30.6 Å². The minimum absolute atomic E-state index is 0.414. The third-order valence-corrected chi connectivity index (χ3v) is 3.11.